The van der Waals surface area contributed by atoms with Gasteiger partial charge in [-0.3, -0.25) is 9.88 Å². The standard InChI is InChI=1S/C14H25N3O/c1-3-13(4-2)17(8-9-18)14(10-15)12-6-5-7-16-11-12/h5-7,11,13-14,18H,3-4,8-10,15H2,1-2H3. The van der Waals surface area contributed by atoms with E-state index in [-0.39, 0.29) is 12.6 Å². The van der Waals surface area contributed by atoms with E-state index in [0.29, 0.717) is 19.1 Å². The van der Waals surface area contributed by atoms with Crippen LogP contribution in [0.15, 0.2) is 24.5 Å². The van der Waals surface area contributed by atoms with E-state index in [0.717, 1.165) is 18.4 Å². The monoisotopic (exact) mass is 251 g/mol. The highest BCUT2D eigenvalue weighted by molar-refractivity contribution is 5.15. The predicted molar refractivity (Wildman–Crippen MR) is 74.2 cm³/mol. The van der Waals surface area contributed by atoms with Crippen LogP contribution in [-0.4, -0.2) is 40.7 Å². The van der Waals surface area contributed by atoms with Crippen LogP contribution in [0.2, 0.25) is 0 Å². The fourth-order valence-electron chi connectivity index (χ4n) is 2.50. The Morgan fingerprint density at radius 3 is 2.56 bits per heavy atom. The maximum atomic E-state index is 9.27. The third kappa shape index (κ3) is 3.77. The Bertz CT molecular complexity index is 314. The molecule has 4 heteroatoms. The highest BCUT2D eigenvalue weighted by Crippen LogP contribution is 2.23. The zero-order valence-corrected chi connectivity index (χ0v) is 11.4. The zero-order chi connectivity index (χ0) is 13.4. The fraction of sp³-hybridized carbons (Fsp3) is 0.643. The summed E-state index contributed by atoms with van der Waals surface area (Å²) < 4.78 is 0. The van der Waals surface area contributed by atoms with E-state index in [1.54, 1.807) is 6.20 Å². The van der Waals surface area contributed by atoms with E-state index in [9.17, 15) is 5.11 Å². The Balaban J connectivity index is 2.93. The lowest BCUT2D eigenvalue weighted by atomic mass is 10.0. The molecule has 1 atom stereocenters. The van der Waals surface area contributed by atoms with Crippen molar-refractivity contribution in [2.45, 2.75) is 38.8 Å². The van der Waals surface area contributed by atoms with Crippen molar-refractivity contribution in [1.29, 1.82) is 0 Å². The van der Waals surface area contributed by atoms with Crippen LogP contribution in [0, 0.1) is 0 Å². The molecule has 0 saturated carbocycles. The van der Waals surface area contributed by atoms with E-state index in [2.05, 4.69) is 29.8 Å². The average Bonchev–Trinajstić information content (AvgIpc) is 2.42. The van der Waals surface area contributed by atoms with Gasteiger partial charge in [0.2, 0.25) is 0 Å². The SMILES string of the molecule is CCC(CC)N(CCO)C(CN)c1cccnc1. The van der Waals surface area contributed by atoms with Crippen LogP contribution >= 0.6 is 0 Å². The summed E-state index contributed by atoms with van der Waals surface area (Å²) in [5.74, 6) is 0. The van der Waals surface area contributed by atoms with Gasteiger partial charge in [0.15, 0.2) is 0 Å². The molecular formula is C14H25N3O. The minimum Gasteiger partial charge on any atom is -0.395 e. The first-order valence-corrected chi connectivity index (χ1v) is 6.75. The number of aliphatic hydroxyl groups excluding tert-OH is 1. The first kappa shape index (κ1) is 15.1. The average molecular weight is 251 g/mol. The van der Waals surface area contributed by atoms with Gasteiger partial charge in [0.25, 0.3) is 0 Å². The van der Waals surface area contributed by atoms with E-state index in [1.807, 2.05) is 12.3 Å². The number of nitrogens with two attached hydrogens (primary N) is 1. The summed E-state index contributed by atoms with van der Waals surface area (Å²) in [6.45, 7) is 5.71. The van der Waals surface area contributed by atoms with Gasteiger partial charge in [-0.2, -0.15) is 0 Å². The highest BCUT2D eigenvalue weighted by Gasteiger charge is 2.24. The molecule has 1 unspecified atom stereocenters. The largest absolute Gasteiger partial charge is 0.395 e. The third-order valence-corrected chi connectivity index (χ3v) is 3.46. The van der Waals surface area contributed by atoms with Crippen molar-refractivity contribution < 1.29 is 5.11 Å². The Morgan fingerprint density at radius 2 is 2.11 bits per heavy atom. The number of aliphatic hydroxyl groups is 1. The van der Waals surface area contributed by atoms with E-state index in [1.165, 1.54) is 0 Å². The van der Waals surface area contributed by atoms with Crippen molar-refractivity contribution in [2.75, 3.05) is 19.7 Å². The fourth-order valence-corrected chi connectivity index (χ4v) is 2.50. The van der Waals surface area contributed by atoms with Gasteiger partial charge in [-0.25, -0.2) is 0 Å². The Labute approximate surface area is 110 Å². The van der Waals surface area contributed by atoms with Gasteiger partial charge >= 0.3 is 0 Å². The van der Waals surface area contributed by atoms with Gasteiger partial charge in [0.1, 0.15) is 0 Å². The number of aromatic nitrogens is 1. The number of rotatable bonds is 8. The molecule has 4 nitrogen and oxygen atoms in total. The summed E-state index contributed by atoms with van der Waals surface area (Å²) in [7, 11) is 0. The van der Waals surface area contributed by atoms with Gasteiger partial charge in [0, 0.05) is 37.6 Å². The predicted octanol–water partition coefficient (Wildman–Crippen LogP) is 1.56. The van der Waals surface area contributed by atoms with Gasteiger partial charge in [-0.1, -0.05) is 19.9 Å². The zero-order valence-electron chi connectivity index (χ0n) is 11.4. The number of nitrogens with zero attached hydrogens (tertiary/aromatic N) is 2. The third-order valence-electron chi connectivity index (χ3n) is 3.46. The summed E-state index contributed by atoms with van der Waals surface area (Å²) in [6, 6.07) is 4.57. The van der Waals surface area contributed by atoms with Crippen molar-refractivity contribution >= 4 is 0 Å². The van der Waals surface area contributed by atoms with Crippen LogP contribution in [-0.2, 0) is 0 Å². The van der Waals surface area contributed by atoms with E-state index < -0.39 is 0 Å². The molecule has 1 rings (SSSR count). The van der Waals surface area contributed by atoms with E-state index in [4.69, 9.17) is 5.73 Å². The molecule has 1 aromatic heterocycles. The summed E-state index contributed by atoms with van der Waals surface area (Å²) >= 11 is 0. The Morgan fingerprint density at radius 1 is 1.39 bits per heavy atom. The van der Waals surface area contributed by atoms with Crippen molar-refractivity contribution in [2.24, 2.45) is 5.73 Å². The molecular weight excluding hydrogens is 226 g/mol. The molecule has 102 valence electrons. The van der Waals surface area contributed by atoms with Gasteiger partial charge in [-0.15, -0.1) is 0 Å². The minimum atomic E-state index is 0.135. The number of pyridine rings is 1. The smallest absolute Gasteiger partial charge is 0.0558 e. The maximum Gasteiger partial charge on any atom is 0.0558 e. The summed E-state index contributed by atoms with van der Waals surface area (Å²) in [6.07, 6.45) is 5.76. The topological polar surface area (TPSA) is 62.4 Å². The highest BCUT2D eigenvalue weighted by atomic mass is 16.3. The van der Waals surface area contributed by atoms with Gasteiger partial charge in [0.05, 0.1) is 6.61 Å². The van der Waals surface area contributed by atoms with Crippen LogP contribution in [0.5, 0.6) is 0 Å². The summed E-state index contributed by atoms with van der Waals surface area (Å²) in [5.41, 5.74) is 7.06. The Kier molecular flexibility index (Phi) is 6.86. The summed E-state index contributed by atoms with van der Waals surface area (Å²) in [5, 5.41) is 9.27. The summed E-state index contributed by atoms with van der Waals surface area (Å²) in [4.78, 5) is 6.46. The van der Waals surface area contributed by atoms with Crippen LogP contribution < -0.4 is 5.73 Å². The Hall–Kier alpha value is -0.970. The number of hydrogen-bond donors (Lipinski definition) is 2. The molecule has 1 aromatic rings. The minimum absolute atomic E-state index is 0.135. The quantitative estimate of drug-likeness (QED) is 0.736. The molecule has 18 heavy (non-hydrogen) atoms. The van der Waals surface area contributed by atoms with Crippen molar-refractivity contribution in [1.82, 2.24) is 9.88 Å². The molecule has 3 N–H and O–H groups in total. The second-order valence-corrected chi connectivity index (χ2v) is 4.47. The van der Waals surface area contributed by atoms with Crippen LogP contribution in [0.25, 0.3) is 0 Å². The lowest BCUT2D eigenvalue weighted by Gasteiger charge is -2.36. The molecule has 0 aliphatic carbocycles. The lowest BCUT2D eigenvalue weighted by Crippen LogP contribution is -2.42. The molecule has 0 aliphatic heterocycles. The normalized spacial score (nSPS) is 13.2. The molecule has 0 aliphatic rings. The first-order chi connectivity index (χ1) is 8.78. The first-order valence-electron chi connectivity index (χ1n) is 6.75. The van der Waals surface area contributed by atoms with Crippen LogP contribution in [0.4, 0.5) is 0 Å². The lowest BCUT2D eigenvalue weighted by molar-refractivity contribution is 0.0993. The van der Waals surface area contributed by atoms with Crippen molar-refractivity contribution in [3.8, 4) is 0 Å². The second kappa shape index (κ2) is 8.19. The second-order valence-electron chi connectivity index (χ2n) is 4.47. The molecule has 0 fully saturated rings. The van der Waals surface area contributed by atoms with Gasteiger partial charge < -0.3 is 10.8 Å². The molecule has 0 aromatic carbocycles. The number of hydrogen-bond acceptors (Lipinski definition) is 4. The molecule has 0 amide bonds. The molecule has 0 saturated heterocycles. The molecule has 0 bridgehead atoms. The molecule has 0 spiro atoms. The van der Waals surface area contributed by atoms with Crippen molar-refractivity contribution in [3.63, 3.8) is 0 Å². The molecule has 1 heterocycles. The van der Waals surface area contributed by atoms with Crippen LogP contribution in [0.3, 0.4) is 0 Å². The van der Waals surface area contributed by atoms with Crippen LogP contribution in [0.1, 0.15) is 38.3 Å². The van der Waals surface area contributed by atoms with Crippen molar-refractivity contribution in [3.05, 3.63) is 30.1 Å². The van der Waals surface area contributed by atoms with E-state index >= 15 is 0 Å². The van der Waals surface area contributed by atoms with Gasteiger partial charge in [-0.05, 0) is 24.5 Å². The maximum absolute atomic E-state index is 9.27. The molecule has 0 radical (unpaired) electrons.